The number of hydrogen-bond donors (Lipinski definition) is 1. The van der Waals surface area contributed by atoms with E-state index in [0.29, 0.717) is 5.69 Å². The molecule has 1 atom stereocenters. The number of piperazine rings is 1. The number of carbonyl (C=O) groups excluding carboxylic acids is 2. The molecule has 0 aromatic heterocycles. The fraction of sp³-hybridized carbons (Fsp3) is 0.259. The maximum absolute atomic E-state index is 13.6. The third kappa shape index (κ3) is 4.99. The number of rotatable bonds is 6. The van der Waals surface area contributed by atoms with E-state index in [2.05, 4.69) is 5.32 Å². The van der Waals surface area contributed by atoms with Crippen LogP contribution in [0, 0.1) is 13.8 Å². The summed E-state index contributed by atoms with van der Waals surface area (Å²) < 4.78 is 27.8. The molecule has 0 aliphatic carbocycles. The fourth-order valence-corrected chi connectivity index (χ4v) is 5.75. The third-order valence-electron chi connectivity index (χ3n) is 6.27. The average Bonchev–Trinajstić information content (AvgIpc) is 2.84. The van der Waals surface area contributed by atoms with E-state index in [-0.39, 0.29) is 24.5 Å². The van der Waals surface area contributed by atoms with Crippen LogP contribution in [-0.4, -0.2) is 43.2 Å². The summed E-state index contributed by atoms with van der Waals surface area (Å²) in [7, 11) is -3.98. The van der Waals surface area contributed by atoms with E-state index in [4.69, 9.17) is 0 Å². The molecule has 1 aliphatic heterocycles. The predicted molar refractivity (Wildman–Crippen MR) is 135 cm³/mol. The van der Waals surface area contributed by atoms with Crippen LogP contribution in [0.25, 0.3) is 0 Å². The first-order chi connectivity index (χ1) is 16.6. The van der Waals surface area contributed by atoms with E-state index < -0.39 is 27.4 Å². The van der Waals surface area contributed by atoms with Gasteiger partial charge in [-0.1, -0.05) is 65.7 Å². The lowest BCUT2D eigenvalue weighted by atomic mass is 9.94. The lowest BCUT2D eigenvalue weighted by molar-refractivity contribution is -0.133. The smallest absolute Gasteiger partial charge is 0.247 e. The van der Waals surface area contributed by atoms with Gasteiger partial charge in [-0.25, -0.2) is 8.42 Å². The van der Waals surface area contributed by atoms with Crippen molar-refractivity contribution in [3.8, 4) is 0 Å². The summed E-state index contributed by atoms with van der Waals surface area (Å²) in [5.74, 6) is -0.896. The summed E-state index contributed by atoms with van der Waals surface area (Å²) in [6.45, 7) is 5.26. The minimum Gasteiger partial charge on any atom is -0.350 e. The van der Waals surface area contributed by atoms with Gasteiger partial charge in [-0.3, -0.25) is 14.5 Å². The van der Waals surface area contributed by atoms with Crippen molar-refractivity contribution in [2.45, 2.75) is 37.8 Å². The van der Waals surface area contributed by atoms with Crippen LogP contribution in [0.3, 0.4) is 0 Å². The Bertz CT molecular complexity index is 1320. The molecule has 1 N–H and O–H groups in total. The topological polar surface area (TPSA) is 86.8 Å². The summed E-state index contributed by atoms with van der Waals surface area (Å²) in [5, 5.41) is 2.92. The van der Waals surface area contributed by atoms with Crippen molar-refractivity contribution in [1.29, 1.82) is 0 Å². The van der Waals surface area contributed by atoms with E-state index in [9.17, 15) is 18.0 Å². The monoisotopic (exact) mass is 491 g/mol. The van der Waals surface area contributed by atoms with Gasteiger partial charge in [-0.15, -0.1) is 0 Å². The number of nitrogens with zero attached hydrogens (tertiary/aromatic N) is 2. The Labute approximate surface area is 206 Å². The molecule has 0 radical (unpaired) electrons. The number of anilines is 1. The van der Waals surface area contributed by atoms with Crippen LogP contribution in [0.15, 0.2) is 83.8 Å². The number of sulfonamides is 1. The number of amides is 2. The normalized spacial score (nSPS) is 18.9. The van der Waals surface area contributed by atoms with Crippen LogP contribution in [-0.2, 0) is 26.2 Å². The Hall–Kier alpha value is -3.49. The zero-order valence-corrected chi connectivity index (χ0v) is 20.9. The first-order valence-corrected chi connectivity index (χ1v) is 12.8. The SMILES string of the molecule is Cc1ccc(CNC(=O)[C@]2(C)CN(S(=O)(=O)c3ccccc3)CC(=O)N2c2ccc(C)cc2)cc1. The predicted octanol–water partition coefficient (Wildman–Crippen LogP) is 3.42. The van der Waals surface area contributed by atoms with E-state index in [1.165, 1.54) is 17.0 Å². The Kier molecular flexibility index (Phi) is 6.78. The van der Waals surface area contributed by atoms with Gasteiger partial charge in [-0.2, -0.15) is 4.31 Å². The Morgan fingerprint density at radius 1 is 0.914 bits per heavy atom. The van der Waals surface area contributed by atoms with Crippen LogP contribution in [0.1, 0.15) is 23.6 Å². The van der Waals surface area contributed by atoms with Crippen molar-refractivity contribution in [1.82, 2.24) is 9.62 Å². The van der Waals surface area contributed by atoms with Crippen LogP contribution in [0.4, 0.5) is 5.69 Å². The maximum atomic E-state index is 13.6. The minimum absolute atomic E-state index is 0.0824. The Morgan fingerprint density at radius 3 is 2.09 bits per heavy atom. The van der Waals surface area contributed by atoms with Crippen LogP contribution >= 0.6 is 0 Å². The number of aryl methyl sites for hydroxylation is 2. The molecular formula is C27H29N3O4S. The molecule has 2 amide bonds. The molecule has 0 unspecified atom stereocenters. The van der Waals surface area contributed by atoms with Crippen LogP contribution in [0.5, 0.6) is 0 Å². The quantitative estimate of drug-likeness (QED) is 0.573. The zero-order valence-electron chi connectivity index (χ0n) is 20.1. The second-order valence-electron chi connectivity index (χ2n) is 9.09. The van der Waals surface area contributed by atoms with E-state index >= 15 is 0 Å². The second kappa shape index (κ2) is 9.64. The van der Waals surface area contributed by atoms with Gasteiger partial charge >= 0.3 is 0 Å². The maximum Gasteiger partial charge on any atom is 0.247 e. The average molecular weight is 492 g/mol. The van der Waals surface area contributed by atoms with Crippen molar-refractivity contribution in [2.75, 3.05) is 18.0 Å². The highest BCUT2D eigenvalue weighted by atomic mass is 32.2. The van der Waals surface area contributed by atoms with Crippen molar-refractivity contribution in [3.63, 3.8) is 0 Å². The highest BCUT2D eigenvalue weighted by Gasteiger charge is 2.51. The lowest BCUT2D eigenvalue weighted by Gasteiger charge is -2.46. The first-order valence-electron chi connectivity index (χ1n) is 11.4. The van der Waals surface area contributed by atoms with Crippen LogP contribution < -0.4 is 10.2 Å². The van der Waals surface area contributed by atoms with Gasteiger partial charge in [0.2, 0.25) is 21.8 Å². The van der Waals surface area contributed by atoms with Crippen LogP contribution in [0.2, 0.25) is 0 Å². The molecule has 8 heteroatoms. The lowest BCUT2D eigenvalue weighted by Crippen LogP contribution is -2.70. The van der Waals surface area contributed by atoms with Gasteiger partial charge in [-0.05, 0) is 50.6 Å². The number of benzene rings is 3. The third-order valence-corrected chi connectivity index (χ3v) is 8.08. The van der Waals surface area contributed by atoms with Gasteiger partial charge in [0.1, 0.15) is 5.54 Å². The van der Waals surface area contributed by atoms with Gasteiger partial charge in [0.25, 0.3) is 0 Å². The molecule has 3 aromatic rings. The summed E-state index contributed by atoms with van der Waals surface area (Å²) >= 11 is 0. The van der Waals surface area contributed by atoms with Gasteiger partial charge < -0.3 is 5.32 Å². The molecular weight excluding hydrogens is 462 g/mol. The van der Waals surface area contributed by atoms with Crippen molar-refractivity contribution in [3.05, 3.63) is 95.6 Å². The molecule has 0 bridgehead atoms. The van der Waals surface area contributed by atoms with Gasteiger partial charge in [0, 0.05) is 18.8 Å². The molecule has 7 nitrogen and oxygen atoms in total. The Balaban J connectivity index is 1.69. The summed E-state index contributed by atoms with van der Waals surface area (Å²) in [6.07, 6.45) is 0. The Morgan fingerprint density at radius 2 is 1.49 bits per heavy atom. The minimum atomic E-state index is -3.98. The molecule has 4 rings (SSSR count). The van der Waals surface area contributed by atoms with Crippen molar-refractivity contribution >= 4 is 27.5 Å². The number of carbonyl (C=O) groups is 2. The standard InChI is InChI=1S/C27H29N3O4S/c1-20-9-13-22(14-10-20)17-28-26(32)27(3)19-29(35(33,34)24-7-5-4-6-8-24)18-25(31)30(27)23-15-11-21(2)12-16-23/h4-16H,17-19H2,1-3H3,(H,28,32)/t27-/m0/s1. The molecule has 0 saturated carbocycles. The second-order valence-corrected chi connectivity index (χ2v) is 11.0. The zero-order chi connectivity index (χ0) is 25.2. The molecule has 0 spiro atoms. The van der Waals surface area contributed by atoms with Crippen molar-refractivity contribution < 1.29 is 18.0 Å². The first kappa shape index (κ1) is 24.6. The summed E-state index contributed by atoms with van der Waals surface area (Å²) in [4.78, 5) is 28.6. The molecule has 1 fully saturated rings. The molecule has 182 valence electrons. The highest BCUT2D eigenvalue weighted by molar-refractivity contribution is 7.89. The van der Waals surface area contributed by atoms with Gasteiger partial charge in [0.15, 0.2) is 0 Å². The molecule has 1 saturated heterocycles. The van der Waals surface area contributed by atoms with Crippen molar-refractivity contribution in [2.24, 2.45) is 0 Å². The number of hydrogen-bond acceptors (Lipinski definition) is 4. The highest BCUT2D eigenvalue weighted by Crippen LogP contribution is 2.32. The van der Waals surface area contributed by atoms with Gasteiger partial charge in [0.05, 0.1) is 11.4 Å². The molecule has 3 aromatic carbocycles. The largest absolute Gasteiger partial charge is 0.350 e. The summed E-state index contributed by atoms with van der Waals surface area (Å²) in [6, 6.07) is 23.0. The molecule has 35 heavy (non-hydrogen) atoms. The number of nitrogens with one attached hydrogen (secondary N) is 1. The fourth-order valence-electron chi connectivity index (χ4n) is 4.25. The van der Waals surface area contributed by atoms with E-state index in [1.807, 2.05) is 50.2 Å². The molecule has 1 heterocycles. The summed E-state index contributed by atoms with van der Waals surface area (Å²) in [5.41, 5.74) is 2.11. The van der Waals surface area contributed by atoms with E-state index in [0.717, 1.165) is 21.0 Å². The molecule has 1 aliphatic rings. The van der Waals surface area contributed by atoms with E-state index in [1.54, 1.807) is 37.3 Å².